The van der Waals surface area contributed by atoms with Gasteiger partial charge in [0.2, 0.25) is 0 Å². The Balaban J connectivity index is 1.81. The van der Waals surface area contributed by atoms with Crippen LogP contribution in [-0.4, -0.2) is 17.6 Å². The maximum Gasteiger partial charge on any atom is 0.0968 e. The van der Waals surface area contributed by atoms with Gasteiger partial charge in [-0.2, -0.15) is 0 Å². The Labute approximate surface area is 102 Å². The summed E-state index contributed by atoms with van der Waals surface area (Å²) in [6, 6.07) is 0.739. The molecule has 0 radical (unpaired) electrons. The van der Waals surface area contributed by atoms with E-state index in [4.69, 9.17) is 0 Å². The second-order valence-electron chi connectivity index (χ2n) is 5.13. The summed E-state index contributed by atoms with van der Waals surface area (Å²) in [6.07, 6.45) is 6.12. The Hall–Kier alpha value is -0.410. The van der Waals surface area contributed by atoms with E-state index in [9.17, 15) is 0 Å². The Morgan fingerprint density at radius 3 is 2.94 bits per heavy atom. The van der Waals surface area contributed by atoms with Crippen molar-refractivity contribution in [2.24, 2.45) is 5.92 Å². The number of hydrogen-bond acceptors (Lipinski definition) is 3. The van der Waals surface area contributed by atoms with Crippen LogP contribution in [0.15, 0.2) is 6.20 Å². The van der Waals surface area contributed by atoms with Crippen molar-refractivity contribution < 1.29 is 0 Å². The first-order valence-corrected chi connectivity index (χ1v) is 7.14. The number of aryl methyl sites for hydroxylation is 1. The molecule has 3 atom stereocenters. The summed E-state index contributed by atoms with van der Waals surface area (Å²) < 4.78 is 0. The average molecular weight is 238 g/mol. The van der Waals surface area contributed by atoms with E-state index in [1.165, 1.54) is 29.1 Å². The van der Waals surface area contributed by atoms with Crippen molar-refractivity contribution in [3.05, 3.63) is 16.1 Å². The van der Waals surface area contributed by atoms with Crippen molar-refractivity contribution in [2.45, 2.75) is 52.0 Å². The first-order chi connectivity index (χ1) is 7.66. The van der Waals surface area contributed by atoms with E-state index in [1.54, 1.807) is 0 Å². The highest BCUT2D eigenvalue weighted by Crippen LogP contribution is 2.26. The molecule has 1 aromatic heterocycles. The SMILES string of the molecule is Cc1cnc(C(C)CNC2CCCC2C)s1. The molecule has 3 unspecified atom stereocenters. The minimum Gasteiger partial charge on any atom is -0.313 e. The molecule has 1 saturated carbocycles. The first-order valence-electron chi connectivity index (χ1n) is 6.32. The molecule has 1 N–H and O–H groups in total. The van der Waals surface area contributed by atoms with Crippen LogP contribution in [0, 0.1) is 12.8 Å². The number of aromatic nitrogens is 1. The summed E-state index contributed by atoms with van der Waals surface area (Å²) in [5, 5.41) is 4.98. The fraction of sp³-hybridized carbons (Fsp3) is 0.769. The number of nitrogens with zero attached hydrogens (tertiary/aromatic N) is 1. The van der Waals surface area contributed by atoms with Crippen molar-refractivity contribution >= 4 is 11.3 Å². The van der Waals surface area contributed by atoms with Crippen molar-refractivity contribution in [1.82, 2.24) is 10.3 Å². The highest BCUT2D eigenvalue weighted by Gasteiger charge is 2.23. The Morgan fingerprint density at radius 2 is 2.38 bits per heavy atom. The summed E-state index contributed by atoms with van der Waals surface area (Å²) in [7, 11) is 0. The predicted octanol–water partition coefficient (Wildman–Crippen LogP) is 3.33. The van der Waals surface area contributed by atoms with E-state index in [2.05, 4.69) is 31.1 Å². The second-order valence-corrected chi connectivity index (χ2v) is 6.40. The normalized spacial score (nSPS) is 27.2. The molecule has 0 aliphatic heterocycles. The minimum absolute atomic E-state index is 0.548. The van der Waals surface area contributed by atoms with Crippen LogP contribution in [-0.2, 0) is 0 Å². The van der Waals surface area contributed by atoms with Crippen molar-refractivity contribution in [1.29, 1.82) is 0 Å². The van der Waals surface area contributed by atoms with Crippen LogP contribution in [0.2, 0.25) is 0 Å². The zero-order chi connectivity index (χ0) is 11.5. The zero-order valence-electron chi connectivity index (χ0n) is 10.5. The number of nitrogens with one attached hydrogen (secondary N) is 1. The number of thiazole rings is 1. The van der Waals surface area contributed by atoms with E-state index in [0.29, 0.717) is 5.92 Å². The summed E-state index contributed by atoms with van der Waals surface area (Å²) in [5.41, 5.74) is 0. The average Bonchev–Trinajstić information content (AvgIpc) is 2.84. The van der Waals surface area contributed by atoms with Crippen LogP contribution in [0.5, 0.6) is 0 Å². The molecule has 90 valence electrons. The summed E-state index contributed by atoms with van der Waals surface area (Å²) in [6.45, 7) is 7.83. The van der Waals surface area contributed by atoms with Gasteiger partial charge in [0, 0.05) is 29.6 Å². The molecule has 1 fully saturated rings. The lowest BCUT2D eigenvalue weighted by atomic mass is 10.1. The van der Waals surface area contributed by atoms with Crippen LogP contribution in [0.3, 0.4) is 0 Å². The maximum atomic E-state index is 4.46. The Bertz CT molecular complexity index is 334. The molecule has 1 aromatic rings. The smallest absolute Gasteiger partial charge is 0.0968 e. The van der Waals surface area contributed by atoms with Crippen LogP contribution in [0.25, 0.3) is 0 Å². The predicted molar refractivity (Wildman–Crippen MR) is 70.1 cm³/mol. The van der Waals surface area contributed by atoms with Gasteiger partial charge in [0.25, 0.3) is 0 Å². The molecular formula is C13H22N2S. The van der Waals surface area contributed by atoms with E-state index < -0.39 is 0 Å². The molecule has 3 heteroatoms. The van der Waals surface area contributed by atoms with Gasteiger partial charge in [0.15, 0.2) is 0 Å². The van der Waals surface area contributed by atoms with Crippen molar-refractivity contribution in [3.63, 3.8) is 0 Å². The zero-order valence-corrected chi connectivity index (χ0v) is 11.3. The maximum absolute atomic E-state index is 4.46. The molecule has 1 heterocycles. The number of rotatable bonds is 4. The van der Waals surface area contributed by atoms with Gasteiger partial charge in [-0.05, 0) is 25.7 Å². The summed E-state index contributed by atoms with van der Waals surface area (Å²) in [5.74, 6) is 1.40. The lowest BCUT2D eigenvalue weighted by Crippen LogP contribution is -2.33. The third kappa shape index (κ3) is 2.83. The summed E-state index contributed by atoms with van der Waals surface area (Å²) in [4.78, 5) is 5.77. The van der Waals surface area contributed by atoms with Gasteiger partial charge >= 0.3 is 0 Å². The van der Waals surface area contributed by atoms with Gasteiger partial charge in [-0.15, -0.1) is 11.3 Å². The van der Waals surface area contributed by atoms with Gasteiger partial charge < -0.3 is 5.32 Å². The lowest BCUT2D eigenvalue weighted by Gasteiger charge is -2.19. The van der Waals surface area contributed by atoms with Crippen molar-refractivity contribution in [2.75, 3.05) is 6.54 Å². The lowest BCUT2D eigenvalue weighted by molar-refractivity contribution is 0.416. The van der Waals surface area contributed by atoms with E-state index in [1.807, 2.05) is 17.5 Å². The third-order valence-electron chi connectivity index (χ3n) is 3.61. The highest BCUT2D eigenvalue weighted by molar-refractivity contribution is 7.11. The first kappa shape index (κ1) is 12.1. The molecule has 16 heavy (non-hydrogen) atoms. The molecular weight excluding hydrogens is 216 g/mol. The van der Waals surface area contributed by atoms with Gasteiger partial charge in [0.05, 0.1) is 5.01 Å². The Morgan fingerprint density at radius 1 is 1.56 bits per heavy atom. The van der Waals surface area contributed by atoms with Crippen LogP contribution in [0.1, 0.15) is 48.9 Å². The van der Waals surface area contributed by atoms with Gasteiger partial charge in [0.1, 0.15) is 0 Å². The minimum atomic E-state index is 0.548. The largest absolute Gasteiger partial charge is 0.313 e. The Kier molecular flexibility index (Phi) is 3.98. The third-order valence-corrected chi connectivity index (χ3v) is 4.75. The van der Waals surface area contributed by atoms with E-state index in [-0.39, 0.29) is 0 Å². The highest BCUT2D eigenvalue weighted by atomic mass is 32.1. The van der Waals surface area contributed by atoms with Gasteiger partial charge in [-0.25, -0.2) is 4.98 Å². The van der Waals surface area contributed by atoms with Crippen molar-refractivity contribution in [3.8, 4) is 0 Å². The van der Waals surface area contributed by atoms with Gasteiger partial charge in [-0.3, -0.25) is 0 Å². The molecule has 2 rings (SSSR count). The topological polar surface area (TPSA) is 24.9 Å². The van der Waals surface area contributed by atoms with Crippen LogP contribution >= 0.6 is 11.3 Å². The van der Waals surface area contributed by atoms with Crippen LogP contribution < -0.4 is 5.32 Å². The molecule has 0 spiro atoms. The fourth-order valence-corrected chi connectivity index (χ4v) is 3.29. The molecule has 0 saturated heterocycles. The second kappa shape index (κ2) is 5.28. The monoisotopic (exact) mass is 238 g/mol. The number of hydrogen-bond donors (Lipinski definition) is 1. The van der Waals surface area contributed by atoms with E-state index in [0.717, 1.165) is 18.5 Å². The molecule has 1 aliphatic carbocycles. The van der Waals surface area contributed by atoms with Gasteiger partial charge in [-0.1, -0.05) is 20.3 Å². The fourth-order valence-electron chi connectivity index (χ4n) is 2.46. The quantitative estimate of drug-likeness (QED) is 0.870. The summed E-state index contributed by atoms with van der Waals surface area (Å²) >= 11 is 1.83. The molecule has 0 aromatic carbocycles. The van der Waals surface area contributed by atoms with Crippen LogP contribution in [0.4, 0.5) is 0 Å². The van der Waals surface area contributed by atoms with E-state index >= 15 is 0 Å². The molecule has 1 aliphatic rings. The molecule has 0 amide bonds. The molecule has 2 nitrogen and oxygen atoms in total. The standard InChI is InChI=1S/C13H22N2S/c1-9-5-4-6-12(9)14-7-10(2)13-15-8-11(3)16-13/h8-10,12,14H,4-7H2,1-3H3. The molecule has 0 bridgehead atoms.